The maximum Gasteiger partial charge on any atom is 0.184 e. The summed E-state index contributed by atoms with van der Waals surface area (Å²) in [5.74, 6) is 0.913. The molecule has 0 radical (unpaired) electrons. The van der Waals surface area contributed by atoms with Gasteiger partial charge in [0.25, 0.3) is 0 Å². The Morgan fingerprint density at radius 2 is 1.60 bits per heavy atom. The maximum absolute atomic E-state index is 6.05. The van der Waals surface area contributed by atoms with Gasteiger partial charge in [0.2, 0.25) is 0 Å². The third-order valence-corrected chi connectivity index (χ3v) is 4.66. The van der Waals surface area contributed by atoms with Crippen LogP contribution in [-0.2, 0) is 12.8 Å². The lowest BCUT2D eigenvalue weighted by Gasteiger charge is -2.17. The minimum absolute atomic E-state index is 0.913. The highest BCUT2D eigenvalue weighted by molar-refractivity contribution is 7.12. The van der Waals surface area contributed by atoms with Crippen molar-refractivity contribution in [1.82, 2.24) is 0 Å². The molecule has 0 atom stereocenters. The number of aryl methyl sites for hydroxylation is 1. The molecule has 0 amide bonds. The lowest BCUT2D eigenvalue weighted by Crippen LogP contribution is -2.02. The zero-order valence-electron chi connectivity index (χ0n) is 11.0. The zero-order chi connectivity index (χ0) is 13.4. The fraction of sp³-hybridized carbons (Fsp3) is 0.111. The van der Waals surface area contributed by atoms with E-state index in [4.69, 9.17) is 4.74 Å². The van der Waals surface area contributed by atoms with Crippen LogP contribution < -0.4 is 4.74 Å². The first-order valence-corrected chi connectivity index (χ1v) is 7.71. The molecule has 1 nitrogen and oxygen atoms in total. The highest BCUT2D eigenvalue weighted by atomic mass is 32.1. The Morgan fingerprint density at radius 3 is 2.50 bits per heavy atom. The van der Waals surface area contributed by atoms with Gasteiger partial charge in [-0.05, 0) is 41.7 Å². The third-order valence-electron chi connectivity index (χ3n) is 3.76. The van der Waals surface area contributed by atoms with Crippen molar-refractivity contribution in [2.45, 2.75) is 12.8 Å². The molecule has 98 valence electrons. The summed E-state index contributed by atoms with van der Waals surface area (Å²) >= 11 is 1.70. The van der Waals surface area contributed by atoms with Crippen molar-refractivity contribution < 1.29 is 4.74 Å². The van der Waals surface area contributed by atoms with E-state index in [-0.39, 0.29) is 0 Å². The molecule has 0 unspecified atom stereocenters. The van der Waals surface area contributed by atoms with Crippen LogP contribution in [0.2, 0.25) is 0 Å². The van der Waals surface area contributed by atoms with Crippen LogP contribution in [0.25, 0.3) is 11.1 Å². The van der Waals surface area contributed by atoms with Crippen LogP contribution in [0.15, 0.2) is 60.0 Å². The monoisotopic (exact) mass is 278 g/mol. The van der Waals surface area contributed by atoms with E-state index in [2.05, 4.69) is 29.6 Å². The van der Waals surface area contributed by atoms with E-state index in [0.717, 1.165) is 23.7 Å². The number of para-hydroxylation sites is 1. The van der Waals surface area contributed by atoms with Crippen LogP contribution >= 0.6 is 11.3 Å². The lowest BCUT2D eigenvalue weighted by molar-refractivity contribution is 0.490. The summed E-state index contributed by atoms with van der Waals surface area (Å²) in [6, 6.07) is 18.7. The zero-order valence-corrected chi connectivity index (χ0v) is 11.8. The highest BCUT2D eigenvalue weighted by Crippen LogP contribution is 2.44. The summed E-state index contributed by atoms with van der Waals surface area (Å²) in [6.07, 6.45) is 2.17. The molecule has 3 aromatic rings. The van der Waals surface area contributed by atoms with Crippen LogP contribution in [0.4, 0.5) is 0 Å². The number of rotatable bonds is 2. The minimum atomic E-state index is 0.913. The summed E-state index contributed by atoms with van der Waals surface area (Å²) < 4.78 is 6.05. The van der Waals surface area contributed by atoms with Gasteiger partial charge in [-0.15, -0.1) is 11.3 Å². The van der Waals surface area contributed by atoms with Crippen molar-refractivity contribution in [3.63, 3.8) is 0 Å². The number of benzene rings is 2. The van der Waals surface area contributed by atoms with Gasteiger partial charge in [0, 0.05) is 10.9 Å². The summed E-state index contributed by atoms with van der Waals surface area (Å²) in [6.45, 7) is 0. The molecule has 4 rings (SSSR count). The SMILES string of the molecule is c1ccc(Oc2scc3c2CCc2ccccc2-3)cc1. The van der Waals surface area contributed by atoms with Crippen molar-refractivity contribution >= 4 is 11.3 Å². The smallest absolute Gasteiger partial charge is 0.184 e. The molecule has 20 heavy (non-hydrogen) atoms. The van der Waals surface area contributed by atoms with Gasteiger partial charge in [0.05, 0.1) is 0 Å². The summed E-state index contributed by atoms with van der Waals surface area (Å²) in [5.41, 5.74) is 5.53. The van der Waals surface area contributed by atoms with Gasteiger partial charge in [0.1, 0.15) is 5.75 Å². The van der Waals surface area contributed by atoms with Crippen molar-refractivity contribution in [3.05, 3.63) is 71.1 Å². The molecule has 2 heteroatoms. The fourth-order valence-corrected chi connectivity index (χ4v) is 3.76. The van der Waals surface area contributed by atoms with Crippen molar-refractivity contribution in [2.24, 2.45) is 0 Å². The number of ether oxygens (including phenoxy) is 1. The number of hydrogen-bond donors (Lipinski definition) is 0. The lowest BCUT2D eigenvalue weighted by atomic mass is 9.88. The van der Waals surface area contributed by atoms with Gasteiger partial charge in [-0.25, -0.2) is 0 Å². The predicted octanol–water partition coefficient (Wildman–Crippen LogP) is 5.31. The highest BCUT2D eigenvalue weighted by Gasteiger charge is 2.21. The van der Waals surface area contributed by atoms with E-state index in [1.54, 1.807) is 11.3 Å². The average Bonchev–Trinajstić information content (AvgIpc) is 2.92. The van der Waals surface area contributed by atoms with Crippen molar-refractivity contribution in [3.8, 4) is 21.9 Å². The molecular formula is C18H14OS. The quantitative estimate of drug-likeness (QED) is 0.617. The number of thiophene rings is 1. The Labute approximate surface area is 122 Å². The molecule has 1 aromatic heterocycles. The van der Waals surface area contributed by atoms with Gasteiger partial charge in [-0.1, -0.05) is 42.5 Å². The molecule has 0 bridgehead atoms. The van der Waals surface area contributed by atoms with Gasteiger partial charge >= 0.3 is 0 Å². The number of hydrogen-bond acceptors (Lipinski definition) is 2. The Kier molecular flexibility index (Phi) is 2.82. The Bertz CT molecular complexity index is 743. The molecule has 2 aromatic carbocycles. The normalized spacial score (nSPS) is 12.6. The fourth-order valence-electron chi connectivity index (χ4n) is 2.77. The van der Waals surface area contributed by atoms with Gasteiger partial charge in [0.15, 0.2) is 5.06 Å². The average molecular weight is 278 g/mol. The second-order valence-electron chi connectivity index (χ2n) is 4.99. The molecule has 1 aliphatic carbocycles. The third kappa shape index (κ3) is 1.93. The first-order chi connectivity index (χ1) is 9.92. The number of fused-ring (bicyclic) bond motifs is 3. The van der Waals surface area contributed by atoms with Crippen LogP contribution in [0, 0.1) is 0 Å². The summed E-state index contributed by atoms with van der Waals surface area (Å²) in [5, 5.41) is 3.27. The molecule has 1 heterocycles. The molecule has 0 saturated heterocycles. The second kappa shape index (κ2) is 4.80. The minimum Gasteiger partial charge on any atom is -0.446 e. The topological polar surface area (TPSA) is 9.23 Å². The molecule has 1 aliphatic rings. The van der Waals surface area contributed by atoms with Crippen LogP contribution in [-0.4, -0.2) is 0 Å². The van der Waals surface area contributed by atoms with Gasteiger partial charge in [-0.2, -0.15) is 0 Å². The predicted molar refractivity (Wildman–Crippen MR) is 83.7 cm³/mol. The summed E-state index contributed by atoms with van der Waals surface area (Å²) in [7, 11) is 0. The van der Waals surface area contributed by atoms with E-state index < -0.39 is 0 Å². The molecule has 0 spiro atoms. The maximum atomic E-state index is 6.05. The second-order valence-corrected chi connectivity index (χ2v) is 5.83. The molecular weight excluding hydrogens is 264 g/mol. The largest absolute Gasteiger partial charge is 0.446 e. The van der Waals surface area contributed by atoms with E-state index in [1.165, 1.54) is 22.3 Å². The standard InChI is InChI=1S/C18H14OS/c1-2-7-14(8-3-1)19-18-16-11-10-13-6-4-5-9-15(13)17(16)12-20-18/h1-9,12H,10-11H2. The van der Waals surface area contributed by atoms with E-state index in [0.29, 0.717) is 0 Å². The van der Waals surface area contributed by atoms with Crippen LogP contribution in [0.3, 0.4) is 0 Å². The Hall–Kier alpha value is -2.06. The summed E-state index contributed by atoms with van der Waals surface area (Å²) in [4.78, 5) is 0. The van der Waals surface area contributed by atoms with E-state index >= 15 is 0 Å². The van der Waals surface area contributed by atoms with Crippen molar-refractivity contribution in [1.29, 1.82) is 0 Å². The molecule has 0 saturated carbocycles. The first kappa shape index (κ1) is 11.7. The van der Waals surface area contributed by atoms with E-state index in [1.807, 2.05) is 30.3 Å². The molecule has 0 N–H and O–H groups in total. The Morgan fingerprint density at radius 1 is 0.800 bits per heavy atom. The first-order valence-electron chi connectivity index (χ1n) is 6.83. The van der Waals surface area contributed by atoms with Crippen LogP contribution in [0.5, 0.6) is 10.8 Å². The van der Waals surface area contributed by atoms with Gasteiger partial charge < -0.3 is 4.74 Å². The molecule has 0 fully saturated rings. The Balaban J connectivity index is 1.74. The van der Waals surface area contributed by atoms with Gasteiger partial charge in [-0.3, -0.25) is 0 Å². The van der Waals surface area contributed by atoms with E-state index in [9.17, 15) is 0 Å². The molecule has 0 aliphatic heterocycles. The van der Waals surface area contributed by atoms with Crippen LogP contribution in [0.1, 0.15) is 11.1 Å². The van der Waals surface area contributed by atoms with Crippen molar-refractivity contribution in [2.75, 3.05) is 0 Å².